The predicted molar refractivity (Wildman–Crippen MR) is 87.5 cm³/mol. The van der Waals surface area contributed by atoms with Crippen LogP contribution in [-0.2, 0) is 6.42 Å². The van der Waals surface area contributed by atoms with Crippen molar-refractivity contribution in [2.75, 3.05) is 11.9 Å². The van der Waals surface area contributed by atoms with Crippen molar-refractivity contribution in [2.24, 2.45) is 0 Å². The number of rotatable bonds is 5. The Labute approximate surface area is 134 Å². The fourth-order valence-electron chi connectivity index (χ4n) is 2.18. The Kier molecular flexibility index (Phi) is 4.34. The Hall–Kier alpha value is -2.40. The maximum Gasteiger partial charge on any atom is 0.143 e. The molecule has 0 aliphatic carbocycles. The van der Waals surface area contributed by atoms with E-state index in [-0.39, 0.29) is 0 Å². The summed E-state index contributed by atoms with van der Waals surface area (Å²) in [7, 11) is 0. The number of halogens is 1. The summed E-state index contributed by atoms with van der Waals surface area (Å²) in [5, 5.41) is 4.07. The first-order valence-corrected chi connectivity index (χ1v) is 7.41. The van der Waals surface area contributed by atoms with Gasteiger partial charge in [-0.15, -0.1) is 0 Å². The zero-order valence-electron chi connectivity index (χ0n) is 12.2. The second-order valence-corrected chi connectivity index (χ2v) is 5.35. The summed E-state index contributed by atoms with van der Waals surface area (Å²) < 4.78 is 1.92. The Morgan fingerprint density at radius 3 is 2.68 bits per heavy atom. The Bertz CT molecular complexity index is 751. The highest BCUT2D eigenvalue weighted by Gasteiger charge is 2.03. The summed E-state index contributed by atoms with van der Waals surface area (Å²) >= 11 is 5.88. The molecule has 2 heterocycles. The Morgan fingerprint density at radius 1 is 1.14 bits per heavy atom. The molecule has 2 aromatic heterocycles. The van der Waals surface area contributed by atoms with Crippen LogP contribution in [0.5, 0.6) is 0 Å². The number of anilines is 1. The summed E-state index contributed by atoms with van der Waals surface area (Å²) in [5.41, 5.74) is 1.23. The maximum absolute atomic E-state index is 5.88. The Morgan fingerprint density at radius 2 is 1.95 bits per heavy atom. The minimum atomic E-state index is 0.757. The molecule has 1 N–H and O–H groups in total. The second kappa shape index (κ2) is 6.58. The number of nitrogens with zero attached hydrogens (tertiary/aromatic N) is 4. The number of imidazole rings is 1. The highest BCUT2D eigenvalue weighted by atomic mass is 35.5. The van der Waals surface area contributed by atoms with Gasteiger partial charge in [0.25, 0.3) is 0 Å². The van der Waals surface area contributed by atoms with Gasteiger partial charge in [0, 0.05) is 30.0 Å². The van der Waals surface area contributed by atoms with Crippen LogP contribution in [0.4, 0.5) is 5.82 Å². The van der Waals surface area contributed by atoms with Crippen molar-refractivity contribution >= 4 is 17.4 Å². The van der Waals surface area contributed by atoms with E-state index in [9.17, 15) is 0 Å². The van der Waals surface area contributed by atoms with Gasteiger partial charge in [-0.25, -0.2) is 15.0 Å². The van der Waals surface area contributed by atoms with Gasteiger partial charge in [-0.3, -0.25) is 4.57 Å². The zero-order chi connectivity index (χ0) is 15.4. The van der Waals surface area contributed by atoms with E-state index in [2.05, 4.69) is 20.3 Å². The second-order valence-electron chi connectivity index (χ2n) is 4.91. The van der Waals surface area contributed by atoms with Crippen molar-refractivity contribution in [2.45, 2.75) is 13.3 Å². The van der Waals surface area contributed by atoms with E-state index in [1.165, 1.54) is 5.56 Å². The van der Waals surface area contributed by atoms with E-state index >= 15 is 0 Å². The lowest BCUT2D eigenvalue weighted by Crippen LogP contribution is -2.08. The van der Waals surface area contributed by atoms with E-state index in [1.807, 2.05) is 48.0 Å². The van der Waals surface area contributed by atoms with Gasteiger partial charge in [-0.05, 0) is 31.0 Å². The molecule has 0 amide bonds. The number of benzene rings is 1. The SMILES string of the molecule is Cc1nccn1-c1cc(NCCc2ccc(Cl)cc2)ncn1. The molecular weight excluding hydrogens is 298 g/mol. The first-order chi connectivity index (χ1) is 10.7. The van der Waals surface area contributed by atoms with Gasteiger partial charge >= 0.3 is 0 Å². The molecule has 0 saturated carbocycles. The normalized spacial score (nSPS) is 10.6. The molecule has 0 aliphatic heterocycles. The van der Waals surface area contributed by atoms with Gasteiger partial charge in [-0.1, -0.05) is 23.7 Å². The summed E-state index contributed by atoms with van der Waals surface area (Å²) in [6, 6.07) is 9.79. The quantitative estimate of drug-likeness (QED) is 0.785. The molecule has 6 heteroatoms. The van der Waals surface area contributed by atoms with E-state index in [1.54, 1.807) is 12.5 Å². The van der Waals surface area contributed by atoms with Gasteiger partial charge in [0.05, 0.1) is 0 Å². The van der Waals surface area contributed by atoms with Crippen LogP contribution < -0.4 is 5.32 Å². The average molecular weight is 314 g/mol. The summed E-state index contributed by atoms with van der Waals surface area (Å²) in [6.07, 6.45) is 6.10. The average Bonchev–Trinajstić information content (AvgIpc) is 2.96. The summed E-state index contributed by atoms with van der Waals surface area (Å²) in [4.78, 5) is 12.7. The minimum absolute atomic E-state index is 0.757. The molecule has 0 radical (unpaired) electrons. The van der Waals surface area contributed by atoms with Crippen LogP contribution >= 0.6 is 11.6 Å². The molecule has 0 unspecified atom stereocenters. The molecular formula is C16H16ClN5. The van der Waals surface area contributed by atoms with E-state index in [4.69, 9.17) is 11.6 Å². The van der Waals surface area contributed by atoms with Crippen LogP contribution in [-0.4, -0.2) is 26.1 Å². The van der Waals surface area contributed by atoms with Crippen LogP contribution in [0.3, 0.4) is 0 Å². The van der Waals surface area contributed by atoms with Crippen LogP contribution in [0.1, 0.15) is 11.4 Å². The lowest BCUT2D eigenvalue weighted by Gasteiger charge is -2.08. The first-order valence-electron chi connectivity index (χ1n) is 7.03. The molecule has 0 aliphatic rings. The van der Waals surface area contributed by atoms with E-state index in [0.29, 0.717) is 0 Å². The molecule has 22 heavy (non-hydrogen) atoms. The number of aromatic nitrogens is 4. The molecule has 1 aromatic carbocycles. The smallest absolute Gasteiger partial charge is 0.143 e. The largest absolute Gasteiger partial charge is 0.370 e. The van der Waals surface area contributed by atoms with Crippen molar-refractivity contribution in [3.05, 3.63) is 65.5 Å². The molecule has 3 aromatic rings. The van der Waals surface area contributed by atoms with Gasteiger partial charge in [0.2, 0.25) is 0 Å². The fourth-order valence-corrected chi connectivity index (χ4v) is 2.31. The highest BCUT2D eigenvalue weighted by molar-refractivity contribution is 6.30. The van der Waals surface area contributed by atoms with Crippen molar-refractivity contribution in [3.8, 4) is 5.82 Å². The van der Waals surface area contributed by atoms with Crippen LogP contribution in [0, 0.1) is 6.92 Å². The Balaban J connectivity index is 1.63. The topological polar surface area (TPSA) is 55.6 Å². The molecule has 5 nitrogen and oxygen atoms in total. The van der Waals surface area contributed by atoms with E-state index < -0.39 is 0 Å². The van der Waals surface area contributed by atoms with Crippen molar-refractivity contribution in [1.29, 1.82) is 0 Å². The monoisotopic (exact) mass is 313 g/mol. The van der Waals surface area contributed by atoms with Crippen LogP contribution in [0.15, 0.2) is 49.1 Å². The molecule has 0 saturated heterocycles. The third kappa shape index (κ3) is 3.43. The lowest BCUT2D eigenvalue weighted by atomic mass is 10.1. The van der Waals surface area contributed by atoms with Gasteiger partial charge in [-0.2, -0.15) is 0 Å². The molecule has 0 bridgehead atoms. The van der Waals surface area contributed by atoms with Crippen LogP contribution in [0.2, 0.25) is 5.02 Å². The number of aryl methyl sites for hydroxylation is 1. The molecule has 0 atom stereocenters. The number of hydrogen-bond donors (Lipinski definition) is 1. The summed E-state index contributed by atoms with van der Waals surface area (Å²) in [6.45, 7) is 2.73. The standard InChI is InChI=1S/C16H16ClN5/c1-12-18-8-9-22(12)16-10-15(20-11-21-16)19-7-6-13-2-4-14(17)5-3-13/h2-5,8-11H,6-7H2,1H3,(H,19,20,21). The van der Waals surface area contributed by atoms with Crippen molar-refractivity contribution < 1.29 is 0 Å². The molecule has 0 fully saturated rings. The predicted octanol–water partition coefficient (Wildman–Crippen LogP) is 3.28. The first kappa shape index (κ1) is 14.5. The van der Waals surface area contributed by atoms with Gasteiger partial charge < -0.3 is 5.32 Å². The van der Waals surface area contributed by atoms with E-state index in [0.717, 1.165) is 35.4 Å². The lowest BCUT2D eigenvalue weighted by molar-refractivity contribution is 0.915. The minimum Gasteiger partial charge on any atom is -0.370 e. The number of nitrogens with one attached hydrogen (secondary N) is 1. The fraction of sp³-hybridized carbons (Fsp3) is 0.188. The van der Waals surface area contributed by atoms with Gasteiger partial charge in [0.15, 0.2) is 0 Å². The maximum atomic E-state index is 5.88. The molecule has 3 rings (SSSR count). The molecule has 112 valence electrons. The van der Waals surface area contributed by atoms with Crippen LogP contribution in [0.25, 0.3) is 5.82 Å². The third-order valence-corrected chi connectivity index (χ3v) is 3.61. The van der Waals surface area contributed by atoms with Crippen molar-refractivity contribution in [1.82, 2.24) is 19.5 Å². The zero-order valence-corrected chi connectivity index (χ0v) is 13.0. The summed E-state index contributed by atoms with van der Waals surface area (Å²) in [5.74, 6) is 2.50. The highest BCUT2D eigenvalue weighted by Crippen LogP contribution is 2.12. The third-order valence-electron chi connectivity index (χ3n) is 3.36. The van der Waals surface area contributed by atoms with Gasteiger partial charge in [0.1, 0.15) is 23.8 Å². The van der Waals surface area contributed by atoms with Crippen molar-refractivity contribution in [3.63, 3.8) is 0 Å². The molecule has 0 spiro atoms. The number of hydrogen-bond acceptors (Lipinski definition) is 4.